The Kier molecular flexibility index (Phi) is 3.97. The average molecular weight is 110 g/mol. The second-order valence-corrected chi connectivity index (χ2v) is 1.72. The van der Waals surface area contributed by atoms with E-state index in [9.17, 15) is 4.79 Å². The van der Waals surface area contributed by atoms with Gasteiger partial charge in [-0.15, -0.1) is 0 Å². The number of carbonyl (C=O) groups excluding carboxylic acids is 1. The van der Waals surface area contributed by atoms with Crippen molar-refractivity contribution in [3.05, 3.63) is 0 Å². The first-order chi connectivity index (χ1) is 3.81. The molecule has 0 saturated carbocycles. The predicted octanol–water partition coefficient (Wildman–Crippen LogP) is 1.23. The van der Waals surface area contributed by atoms with E-state index >= 15 is 0 Å². The molecule has 0 N–H and O–H groups in total. The Morgan fingerprint density at radius 3 is 2.75 bits per heavy atom. The first-order valence-electron chi connectivity index (χ1n) is 2.76. The van der Waals surface area contributed by atoms with Crippen molar-refractivity contribution in [2.45, 2.75) is 20.3 Å². The van der Waals surface area contributed by atoms with E-state index in [4.69, 9.17) is 0 Å². The zero-order chi connectivity index (χ0) is 6.41. The molecule has 8 heavy (non-hydrogen) atoms. The molecule has 0 unspecified atom stereocenters. The number of carbonyl (C=O) groups is 1. The van der Waals surface area contributed by atoms with Crippen LogP contribution in [0, 0.1) is 17.8 Å². The van der Waals surface area contributed by atoms with Crippen LogP contribution < -0.4 is 0 Å². The number of hydrogen-bond acceptors (Lipinski definition) is 1. The van der Waals surface area contributed by atoms with Crippen LogP contribution in [0.1, 0.15) is 20.3 Å². The minimum atomic E-state index is 0.361. The Labute approximate surface area is 50.1 Å². The van der Waals surface area contributed by atoms with Gasteiger partial charge in [-0.2, -0.15) is 0 Å². The van der Waals surface area contributed by atoms with Crippen molar-refractivity contribution in [3.8, 4) is 11.8 Å². The second kappa shape index (κ2) is 4.39. The van der Waals surface area contributed by atoms with Crippen molar-refractivity contribution in [1.29, 1.82) is 0 Å². The Morgan fingerprint density at radius 2 is 2.38 bits per heavy atom. The van der Waals surface area contributed by atoms with E-state index in [1.165, 1.54) is 0 Å². The summed E-state index contributed by atoms with van der Waals surface area (Å²) in [4.78, 5) is 9.65. The molecule has 1 atom stereocenters. The topological polar surface area (TPSA) is 17.1 Å². The van der Waals surface area contributed by atoms with Crippen LogP contribution in [0.4, 0.5) is 0 Å². The molecule has 0 aromatic rings. The summed E-state index contributed by atoms with van der Waals surface area (Å²) in [7, 11) is 0. The zero-order valence-electron chi connectivity index (χ0n) is 5.27. The van der Waals surface area contributed by atoms with Crippen LogP contribution in [0.5, 0.6) is 0 Å². The molecule has 1 heteroatoms. The summed E-state index contributed by atoms with van der Waals surface area (Å²) in [6.07, 6.45) is 1.65. The summed E-state index contributed by atoms with van der Waals surface area (Å²) in [5.41, 5.74) is 0. The Bertz CT molecular complexity index is 116. The van der Waals surface area contributed by atoms with Gasteiger partial charge in [0.2, 0.25) is 0 Å². The lowest BCUT2D eigenvalue weighted by Gasteiger charge is -1.91. The Balaban J connectivity index is 3.50. The van der Waals surface area contributed by atoms with Gasteiger partial charge >= 0.3 is 0 Å². The van der Waals surface area contributed by atoms with E-state index < -0.39 is 0 Å². The third-order valence-corrected chi connectivity index (χ3v) is 1.00. The van der Waals surface area contributed by atoms with Crippen molar-refractivity contribution in [2.24, 2.45) is 5.92 Å². The fourth-order valence-corrected chi connectivity index (χ4v) is 0.278. The maximum absolute atomic E-state index is 9.65. The van der Waals surface area contributed by atoms with Crippen molar-refractivity contribution < 1.29 is 4.79 Å². The summed E-state index contributed by atoms with van der Waals surface area (Å²) in [6.45, 7) is 4.04. The van der Waals surface area contributed by atoms with Gasteiger partial charge < -0.3 is 0 Å². The SMILES string of the molecule is CC[C@H](C)C#CC=O. The van der Waals surface area contributed by atoms with Crippen LogP contribution in [-0.2, 0) is 4.79 Å². The van der Waals surface area contributed by atoms with E-state index in [1.54, 1.807) is 0 Å². The fraction of sp³-hybridized carbons (Fsp3) is 0.571. The van der Waals surface area contributed by atoms with E-state index in [-0.39, 0.29) is 0 Å². The lowest BCUT2D eigenvalue weighted by atomic mass is 10.1. The molecule has 44 valence electrons. The standard InChI is InChI=1S/C7H10O/c1-3-7(2)5-4-6-8/h6-7H,3H2,1-2H3/t7-/m0/s1. The van der Waals surface area contributed by atoms with Crippen LogP contribution in [0.15, 0.2) is 0 Å². The molecule has 0 rings (SSSR count). The van der Waals surface area contributed by atoms with E-state index in [0.29, 0.717) is 12.2 Å². The molecule has 0 aliphatic rings. The van der Waals surface area contributed by atoms with Crippen molar-refractivity contribution >= 4 is 6.29 Å². The monoisotopic (exact) mass is 110 g/mol. The molecular weight excluding hydrogens is 100 g/mol. The largest absolute Gasteiger partial charge is 0.289 e. The van der Waals surface area contributed by atoms with Gasteiger partial charge in [0, 0.05) is 5.92 Å². The van der Waals surface area contributed by atoms with Gasteiger partial charge in [-0.1, -0.05) is 19.8 Å². The van der Waals surface area contributed by atoms with Crippen molar-refractivity contribution in [2.75, 3.05) is 0 Å². The fourth-order valence-electron chi connectivity index (χ4n) is 0.278. The average Bonchev–Trinajstić information content (AvgIpc) is 1.83. The number of hydrogen-bond donors (Lipinski definition) is 0. The van der Waals surface area contributed by atoms with Gasteiger partial charge in [0.05, 0.1) is 0 Å². The highest BCUT2D eigenvalue weighted by atomic mass is 16.1. The summed E-state index contributed by atoms with van der Waals surface area (Å²) in [5, 5.41) is 0. The van der Waals surface area contributed by atoms with Crippen LogP contribution >= 0.6 is 0 Å². The smallest absolute Gasteiger partial charge is 0.192 e. The molecule has 0 aliphatic heterocycles. The van der Waals surface area contributed by atoms with Crippen LogP contribution in [0.3, 0.4) is 0 Å². The highest BCUT2D eigenvalue weighted by Gasteiger charge is 1.86. The van der Waals surface area contributed by atoms with Gasteiger partial charge in [0.25, 0.3) is 0 Å². The molecule has 0 spiro atoms. The summed E-state index contributed by atoms with van der Waals surface area (Å²) >= 11 is 0. The molecule has 0 radical (unpaired) electrons. The first kappa shape index (κ1) is 7.23. The number of rotatable bonds is 1. The molecule has 1 nitrogen and oxygen atoms in total. The third-order valence-electron chi connectivity index (χ3n) is 1.00. The molecule has 0 aromatic carbocycles. The van der Waals surface area contributed by atoms with E-state index in [2.05, 4.69) is 11.8 Å². The van der Waals surface area contributed by atoms with E-state index in [0.717, 1.165) is 6.42 Å². The van der Waals surface area contributed by atoms with Crippen molar-refractivity contribution in [3.63, 3.8) is 0 Å². The lowest BCUT2D eigenvalue weighted by molar-refractivity contribution is -0.103. The van der Waals surface area contributed by atoms with E-state index in [1.807, 2.05) is 13.8 Å². The zero-order valence-corrected chi connectivity index (χ0v) is 5.27. The summed E-state index contributed by atoms with van der Waals surface area (Å²) in [5.74, 6) is 5.49. The maximum Gasteiger partial charge on any atom is 0.192 e. The highest BCUT2D eigenvalue weighted by molar-refractivity contribution is 5.72. The summed E-state index contributed by atoms with van der Waals surface area (Å²) < 4.78 is 0. The maximum atomic E-state index is 9.65. The molecule has 0 amide bonds. The summed E-state index contributed by atoms with van der Waals surface area (Å²) in [6, 6.07) is 0. The van der Waals surface area contributed by atoms with Crippen LogP contribution in [0.25, 0.3) is 0 Å². The molecule has 0 aromatic heterocycles. The van der Waals surface area contributed by atoms with Crippen LogP contribution in [0.2, 0.25) is 0 Å². The molecule has 0 fully saturated rings. The quantitative estimate of drug-likeness (QED) is 0.366. The van der Waals surface area contributed by atoms with Crippen LogP contribution in [-0.4, -0.2) is 6.29 Å². The van der Waals surface area contributed by atoms with Gasteiger partial charge in [-0.05, 0) is 12.3 Å². The molecule has 0 bridgehead atoms. The van der Waals surface area contributed by atoms with Gasteiger partial charge in [0.1, 0.15) is 0 Å². The lowest BCUT2D eigenvalue weighted by Crippen LogP contribution is -1.84. The van der Waals surface area contributed by atoms with Crippen molar-refractivity contribution in [1.82, 2.24) is 0 Å². The molecule has 0 aliphatic carbocycles. The normalized spacial score (nSPS) is 11.2. The Hall–Kier alpha value is -0.770. The van der Waals surface area contributed by atoms with Gasteiger partial charge in [-0.25, -0.2) is 0 Å². The first-order valence-corrected chi connectivity index (χ1v) is 2.76. The van der Waals surface area contributed by atoms with Gasteiger partial charge in [-0.3, -0.25) is 4.79 Å². The molecule has 0 heterocycles. The predicted molar refractivity (Wildman–Crippen MR) is 33.3 cm³/mol. The number of aldehydes is 1. The van der Waals surface area contributed by atoms with Gasteiger partial charge in [0.15, 0.2) is 6.29 Å². The third kappa shape index (κ3) is 3.42. The minimum absolute atomic E-state index is 0.361. The minimum Gasteiger partial charge on any atom is -0.289 e. The second-order valence-electron chi connectivity index (χ2n) is 1.72. The molecule has 0 saturated heterocycles. The highest BCUT2D eigenvalue weighted by Crippen LogP contribution is 1.95. The molecular formula is C7H10O. The Morgan fingerprint density at radius 1 is 1.75 bits per heavy atom.